The van der Waals surface area contributed by atoms with Crippen molar-refractivity contribution in [2.75, 3.05) is 5.75 Å². The minimum Gasteiger partial charge on any atom is -0.302 e. The van der Waals surface area contributed by atoms with Crippen LogP contribution in [0.3, 0.4) is 0 Å². The summed E-state index contributed by atoms with van der Waals surface area (Å²) in [6.07, 6.45) is 1.20. The van der Waals surface area contributed by atoms with Crippen LogP contribution in [0.15, 0.2) is 30.3 Å². The van der Waals surface area contributed by atoms with Crippen molar-refractivity contribution >= 4 is 10.0 Å². The lowest BCUT2D eigenvalue weighted by Crippen LogP contribution is -2.22. The van der Waals surface area contributed by atoms with E-state index in [-0.39, 0.29) is 5.75 Å². The number of nitrogens with one attached hydrogen (secondary N) is 1. The second-order valence-electron chi connectivity index (χ2n) is 3.00. The molecule has 78 valence electrons. The van der Waals surface area contributed by atoms with E-state index >= 15 is 0 Å². The summed E-state index contributed by atoms with van der Waals surface area (Å²) in [5.41, 5.74) is 1.10. The van der Waals surface area contributed by atoms with E-state index in [0.717, 1.165) is 5.56 Å². The van der Waals surface area contributed by atoms with E-state index < -0.39 is 10.0 Å². The van der Waals surface area contributed by atoms with E-state index in [9.17, 15) is 8.42 Å². The lowest BCUT2D eigenvalue weighted by Gasteiger charge is -2.01. The normalized spacial score (nSPS) is 11.5. The Bertz CT molecular complexity index is 361. The zero-order valence-corrected chi connectivity index (χ0v) is 8.50. The van der Waals surface area contributed by atoms with E-state index in [4.69, 9.17) is 5.21 Å². The van der Waals surface area contributed by atoms with E-state index in [1.165, 1.54) is 4.89 Å². The first-order valence-electron chi connectivity index (χ1n) is 4.31. The van der Waals surface area contributed by atoms with Crippen molar-refractivity contribution in [2.45, 2.75) is 12.8 Å². The number of hydrogen-bond donors (Lipinski definition) is 2. The molecule has 0 saturated carbocycles. The van der Waals surface area contributed by atoms with Crippen LogP contribution in [0, 0.1) is 0 Å². The average Bonchev–Trinajstić information content (AvgIpc) is 2.19. The lowest BCUT2D eigenvalue weighted by atomic mass is 10.1. The summed E-state index contributed by atoms with van der Waals surface area (Å²) in [7, 11) is -3.48. The van der Waals surface area contributed by atoms with Crippen molar-refractivity contribution in [3.63, 3.8) is 0 Å². The first kappa shape index (κ1) is 11.2. The molecule has 0 radical (unpaired) electrons. The number of aryl methyl sites for hydroxylation is 1. The Morgan fingerprint density at radius 1 is 1.21 bits per heavy atom. The fraction of sp³-hybridized carbons (Fsp3) is 0.333. The van der Waals surface area contributed by atoms with Gasteiger partial charge in [-0.3, -0.25) is 0 Å². The molecule has 2 N–H and O–H groups in total. The van der Waals surface area contributed by atoms with Gasteiger partial charge < -0.3 is 5.21 Å². The molecule has 0 aliphatic rings. The van der Waals surface area contributed by atoms with Crippen LogP contribution in [0.25, 0.3) is 0 Å². The van der Waals surface area contributed by atoms with Gasteiger partial charge in [-0.05, 0) is 18.4 Å². The van der Waals surface area contributed by atoms with Crippen LogP contribution in [0.5, 0.6) is 0 Å². The van der Waals surface area contributed by atoms with Crippen molar-refractivity contribution in [1.82, 2.24) is 4.89 Å². The smallest absolute Gasteiger partial charge is 0.233 e. The second kappa shape index (κ2) is 5.09. The maximum atomic E-state index is 10.8. The monoisotopic (exact) mass is 215 g/mol. The Balaban J connectivity index is 2.37. The second-order valence-corrected chi connectivity index (χ2v) is 4.82. The fourth-order valence-electron chi connectivity index (χ4n) is 1.16. The highest BCUT2D eigenvalue weighted by Crippen LogP contribution is 2.03. The molecule has 4 nitrogen and oxygen atoms in total. The van der Waals surface area contributed by atoms with Gasteiger partial charge >= 0.3 is 0 Å². The quantitative estimate of drug-likeness (QED) is 0.718. The zero-order chi connectivity index (χ0) is 10.4. The molecule has 14 heavy (non-hydrogen) atoms. The Hall–Kier alpha value is -0.910. The van der Waals surface area contributed by atoms with Gasteiger partial charge in [0.1, 0.15) is 0 Å². The van der Waals surface area contributed by atoms with Gasteiger partial charge in [0.05, 0.1) is 5.75 Å². The third-order valence-electron chi connectivity index (χ3n) is 1.86. The number of benzene rings is 1. The van der Waals surface area contributed by atoms with E-state index in [1.807, 2.05) is 30.3 Å². The van der Waals surface area contributed by atoms with Gasteiger partial charge in [-0.2, -0.15) is 0 Å². The summed E-state index contributed by atoms with van der Waals surface area (Å²) in [5, 5.41) is 8.25. The molecule has 0 aliphatic heterocycles. The Morgan fingerprint density at radius 3 is 2.43 bits per heavy atom. The molecule has 0 atom stereocenters. The predicted molar refractivity (Wildman–Crippen MR) is 53.5 cm³/mol. The highest BCUT2D eigenvalue weighted by molar-refractivity contribution is 7.89. The summed E-state index contributed by atoms with van der Waals surface area (Å²) in [4.78, 5) is 1.30. The van der Waals surface area contributed by atoms with Crippen molar-refractivity contribution in [3.05, 3.63) is 35.9 Å². The Morgan fingerprint density at radius 2 is 1.86 bits per heavy atom. The minimum atomic E-state index is -3.48. The van der Waals surface area contributed by atoms with Crippen LogP contribution in [-0.4, -0.2) is 19.4 Å². The number of hydrogen-bond acceptors (Lipinski definition) is 3. The summed E-state index contributed by atoms with van der Waals surface area (Å²) >= 11 is 0. The molecule has 1 aromatic carbocycles. The van der Waals surface area contributed by atoms with Gasteiger partial charge in [-0.1, -0.05) is 35.2 Å². The molecule has 1 rings (SSSR count). The van der Waals surface area contributed by atoms with Crippen LogP contribution < -0.4 is 4.89 Å². The van der Waals surface area contributed by atoms with Gasteiger partial charge in [-0.25, -0.2) is 8.42 Å². The molecular weight excluding hydrogens is 202 g/mol. The molecule has 0 fully saturated rings. The fourth-order valence-corrected chi connectivity index (χ4v) is 1.77. The van der Waals surface area contributed by atoms with Crippen LogP contribution >= 0.6 is 0 Å². The van der Waals surface area contributed by atoms with E-state index in [0.29, 0.717) is 12.8 Å². The summed E-state index contributed by atoms with van der Waals surface area (Å²) in [6.45, 7) is 0. The molecule has 0 heterocycles. The summed E-state index contributed by atoms with van der Waals surface area (Å²) in [5.74, 6) is -0.0571. The van der Waals surface area contributed by atoms with E-state index in [1.54, 1.807) is 0 Å². The first-order valence-corrected chi connectivity index (χ1v) is 5.97. The summed E-state index contributed by atoms with van der Waals surface area (Å²) in [6, 6.07) is 9.62. The molecule has 5 heteroatoms. The first-order chi connectivity index (χ1) is 6.64. The third kappa shape index (κ3) is 3.87. The molecule has 0 aromatic heterocycles. The standard InChI is InChI=1S/C9H13NO3S/c11-10-14(12,13)8-4-7-9-5-2-1-3-6-9/h1-3,5-6,10-11H,4,7-8H2. The van der Waals surface area contributed by atoms with Crippen molar-refractivity contribution in [3.8, 4) is 0 Å². The summed E-state index contributed by atoms with van der Waals surface area (Å²) < 4.78 is 21.7. The molecule has 0 amide bonds. The highest BCUT2D eigenvalue weighted by Gasteiger charge is 2.06. The van der Waals surface area contributed by atoms with Crippen molar-refractivity contribution < 1.29 is 13.6 Å². The molecular formula is C9H13NO3S. The van der Waals surface area contributed by atoms with Crippen LogP contribution in [0.1, 0.15) is 12.0 Å². The van der Waals surface area contributed by atoms with Gasteiger partial charge in [0.2, 0.25) is 10.0 Å². The van der Waals surface area contributed by atoms with Crippen LogP contribution in [-0.2, 0) is 16.4 Å². The lowest BCUT2D eigenvalue weighted by molar-refractivity contribution is 0.242. The maximum Gasteiger partial charge on any atom is 0.233 e. The molecule has 0 saturated heterocycles. The number of rotatable bonds is 5. The van der Waals surface area contributed by atoms with Gasteiger partial charge in [-0.15, -0.1) is 0 Å². The largest absolute Gasteiger partial charge is 0.302 e. The Labute approximate surface area is 83.6 Å². The molecule has 0 unspecified atom stereocenters. The maximum absolute atomic E-state index is 10.8. The zero-order valence-electron chi connectivity index (χ0n) is 7.68. The molecule has 0 aliphatic carbocycles. The van der Waals surface area contributed by atoms with Crippen molar-refractivity contribution in [2.24, 2.45) is 0 Å². The molecule has 0 bridgehead atoms. The van der Waals surface area contributed by atoms with Crippen LogP contribution in [0.4, 0.5) is 0 Å². The molecule has 0 spiro atoms. The molecule has 1 aromatic rings. The third-order valence-corrected chi connectivity index (χ3v) is 2.96. The Kier molecular flexibility index (Phi) is 4.06. The topological polar surface area (TPSA) is 66.4 Å². The van der Waals surface area contributed by atoms with Gasteiger partial charge in [0.25, 0.3) is 0 Å². The van der Waals surface area contributed by atoms with Gasteiger partial charge in [0.15, 0.2) is 0 Å². The average molecular weight is 215 g/mol. The number of sulfonamides is 1. The van der Waals surface area contributed by atoms with Crippen molar-refractivity contribution in [1.29, 1.82) is 0 Å². The predicted octanol–water partition coefficient (Wildman–Crippen LogP) is 0.928. The SMILES string of the molecule is O=S(=O)(CCCc1ccccc1)NO. The van der Waals surface area contributed by atoms with E-state index in [2.05, 4.69) is 0 Å². The highest BCUT2D eigenvalue weighted by atomic mass is 32.2. The van der Waals surface area contributed by atoms with Crippen LogP contribution in [0.2, 0.25) is 0 Å². The van der Waals surface area contributed by atoms with Gasteiger partial charge in [0, 0.05) is 0 Å². The minimum absolute atomic E-state index is 0.0571.